The first-order valence-electron chi connectivity index (χ1n) is 8.86. The van der Waals surface area contributed by atoms with E-state index in [1.54, 1.807) is 24.3 Å². The lowest BCUT2D eigenvalue weighted by Gasteiger charge is -2.09. The van der Waals surface area contributed by atoms with E-state index in [1.165, 1.54) is 29.5 Å². The van der Waals surface area contributed by atoms with Gasteiger partial charge in [-0.3, -0.25) is 9.59 Å². The highest BCUT2D eigenvalue weighted by atomic mass is 32.1. The van der Waals surface area contributed by atoms with Crippen LogP contribution in [0.15, 0.2) is 48.5 Å². The summed E-state index contributed by atoms with van der Waals surface area (Å²) < 4.78 is 13.3. The van der Waals surface area contributed by atoms with Crippen molar-refractivity contribution in [2.75, 3.05) is 5.32 Å². The van der Waals surface area contributed by atoms with Gasteiger partial charge in [0.25, 0.3) is 11.8 Å². The van der Waals surface area contributed by atoms with Crippen LogP contribution in [0.2, 0.25) is 0 Å². The van der Waals surface area contributed by atoms with E-state index in [1.807, 2.05) is 19.9 Å². The molecule has 0 aliphatic carbocycles. The maximum Gasteiger partial charge on any atom is 0.263 e. The van der Waals surface area contributed by atoms with Gasteiger partial charge in [-0.25, -0.2) is 9.37 Å². The van der Waals surface area contributed by atoms with Crippen molar-refractivity contribution in [3.05, 3.63) is 81.1 Å². The molecule has 1 aromatic heterocycles. The predicted molar refractivity (Wildman–Crippen MR) is 108 cm³/mol. The van der Waals surface area contributed by atoms with Crippen LogP contribution in [-0.4, -0.2) is 16.8 Å². The molecule has 144 valence electrons. The number of hydrogen-bond acceptors (Lipinski definition) is 4. The molecule has 0 unspecified atom stereocenters. The van der Waals surface area contributed by atoms with E-state index >= 15 is 0 Å². The van der Waals surface area contributed by atoms with Crippen LogP contribution in [0.5, 0.6) is 0 Å². The zero-order chi connectivity index (χ0) is 20.1. The molecule has 0 aliphatic heterocycles. The summed E-state index contributed by atoms with van der Waals surface area (Å²) in [4.78, 5) is 29.6. The number of rotatable bonds is 6. The Kier molecular flexibility index (Phi) is 6.16. The Bertz CT molecular complexity index is 1020. The third-order valence-corrected chi connectivity index (χ3v) is 5.37. The number of hydrogen-bond donors (Lipinski definition) is 2. The SMILES string of the molecule is CCc1nc(C)c(C(=O)NCc2cccc(NC(=O)c3cccc(F)c3)c2)s1. The number of carbonyl (C=O) groups excluding carboxylic acids is 2. The summed E-state index contributed by atoms with van der Waals surface area (Å²) in [6, 6.07) is 12.7. The van der Waals surface area contributed by atoms with Crippen molar-refractivity contribution in [3.8, 4) is 0 Å². The van der Waals surface area contributed by atoms with Gasteiger partial charge in [0.2, 0.25) is 0 Å². The molecule has 0 spiro atoms. The minimum Gasteiger partial charge on any atom is -0.347 e. The maximum atomic E-state index is 13.3. The topological polar surface area (TPSA) is 71.1 Å². The molecule has 0 saturated carbocycles. The summed E-state index contributed by atoms with van der Waals surface area (Å²) >= 11 is 1.40. The second-order valence-corrected chi connectivity index (χ2v) is 7.31. The number of anilines is 1. The molecule has 1 heterocycles. The van der Waals surface area contributed by atoms with Crippen LogP contribution >= 0.6 is 11.3 Å². The molecule has 2 amide bonds. The molecule has 0 bridgehead atoms. The Hall–Kier alpha value is -3.06. The third kappa shape index (κ3) is 4.80. The number of aromatic nitrogens is 1. The Morgan fingerprint density at radius 2 is 1.89 bits per heavy atom. The first-order valence-corrected chi connectivity index (χ1v) is 9.68. The van der Waals surface area contributed by atoms with Gasteiger partial charge in [0.15, 0.2) is 0 Å². The molecule has 2 N–H and O–H groups in total. The first-order chi connectivity index (χ1) is 13.5. The van der Waals surface area contributed by atoms with Crippen LogP contribution in [0.1, 0.15) is 43.2 Å². The smallest absolute Gasteiger partial charge is 0.263 e. The van der Waals surface area contributed by atoms with E-state index in [9.17, 15) is 14.0 Å². The number of amides is 2. The van der Waals surface area contributed by atoms with Crippen molar-refractivity contribution in [2.45, 2.75) is 26.8 Å². The fraction of sp³-hybridized carbons (Fsp3) is 0.190. The molecule has 7 heteroatoms. The number of aryl methyl sites for hydroxylation is 2. The molecule has 2 aromatic carbocycles. The quantitative estimate of drug-likeness (QED) is 0.650. The third-order valence-electron chi connectivity index (χ3n) is 4.07. The number of halogens is 1. The highest BCUT2D eigenvalue weighted by molar-refractivity contribution is 7.13. The van der Waals surface area contributed by atoms with Crippen molar-refractivity contribution < 1.29 is 14.0 Å². The van der Waals surface area contributed by atoms with E-state index in [0.29, 0.717) is 17.1 Å². The van der Waals surface area contributed by atoms with E-state index in [2.05, 4.69) is 15.6 Å². The number of benzene rings is 2. The predicted octanol–water partition coefficient (Wildman–Crippen LogP) is 4.34. The minimum atomic E-state index is -0.464. The summed E-state index contributed by atoms with van der Waals surface area (Å²) in [6.07, 6.45) is 0.797. The van der Waals surface area contributed by atoms with Crippen molar-refractivity contribution >= 4 is 28.8 Å². The van der Waals surface area contributed by atoms with Gasteiger partial charge in [-0.15, -0.1) is 11.3 Å². The number of nitrogens with zero attached hydrogens (tertiary/aromatic N) is 1. The molecule has 0 aliphatic rings. The van der Waals surface area contributed by atoms with Crippen LogP contribution in [-0.2, 0) is 13.0 Å². The molecule has 3 aromatic rings. The zero-order valence-electron chi connectivity index (χ0n) is 15.6. The second-order valence-electron chi connectivity index (χ2n) is 6.22. The number of nitrogens with one attached hydrogen (secondary N) is 2. The van der Waals surface area contributed by atoms with Gasteiger partial charge in [-0.05, 0) is 49.2 Å². The highest BCUT2D eigenvalue weighted by Crippen LogP contribution is 2.19. The second kappa shape index (κ2) is 8.75. The van der Waals surface area contributed by atoms with E-state index < -0.39 is 11.7 Å². The van der Waals surface area contributed by atoms with E-state index in [0.717, 1.165) is 22.7 Å². The standard InChI is InChI=1S/C21H20FN3O2S/c1-3-18-24-13(2)19(28-18)21(27)23-12-14-6-4-9-17(10-14)25-20(26)15-7-5-8-16(22)11-15/h4-11H,3,12H2,1-2H3,(H,23,27)(H,25,26). The van der Waals surface area contributed by atoms with Gasteiger partial charge in [0.1, 0.15) is 10.7 Å². The molecule has 0 saturated heterocycles. The van der Waals surface area contributed by atoms with Crippen molar-refractivity contribution in [1.82, 2.24) is 10.3 Å². The highest BCUT2D eigenvalue weighted by Gasteiger charge is 2.14. The monoisotopic (exact) mass is 397 g/mol. The average Bonchev–Trinajstić information content (AvgIpc) is 3.07. The maximum absolute atomic E-state index is 13.3. The molecule has 3 rings (SSSR count). The summed E-state index contributed by atoms with van der Waals surface area (Å²) in [6.45, 7) is 4.15. The summed E-state index contributed by atoms with van der Waals surface area (Å²) in [5.41, 5.74) is 2.38. The lowest BCUT2D eigenvalue weighted by atomic mass is 10.1. The fourth-order valence-corrected chi connectivity index (χ4v) is 3.59. The van der Waals surface area contributed by atoms with Gasteiger partial charge in [-0.1, -0.05) is 25.1 Å². The summed E-state index contributed by atoms with van der Waals surface area (Å²) in [5, 5.41) is 6.56. The molecule has 0 fully saturated rings. The summed E-state index contributed by atoms with van der Waals surface area (Å²) in [7, 11) is 0. The van der Waals surface area contributed by atoms with Crippen LogP contribution in [0.25, 0.3) is 0 Å². The van der Waals surface area contributed by atoms with E-state index in [-0.39, 0.29) is 11.5 Å². The Morgan fingerprint density at radius 3 is 2.61 bits per heavy atom. The van der Waals surface area contributed by atoms with Gasteiger partial charge in [0.05, 0.1) is 10.7 Å². The van der Waals surface area contributed by atoms with Gasteiger partial charge >= 0.3 is 0 Å². The number of thiazole rings is 1. The number of carbonyl (C=O) groups is 2. The Labute approximate surface area is 166 Å². The van der Waals surface area contributed by atoms with Gasteiger partial charge < -0.3 is 10.6 Å². The van der Waals surface area contributed by atoms with Crippen molar-refractivity contribution in [3.63, 3.8) is 0 Å². The average molecular weight is 397 g/mol. The molecule has 0 radical (unpaired) electrons. The Balaban J connectivity index is 1.64. The Morgan fingerprint density at radius 1 is 1.11 bits per heavy atom. The molecule has 28 heavy (non-hydrogen) atoms. The van der Waals surface area contributed by atoms with Crippen LogP contribution < -0.4 is 10.6 Å². The molecular weight excluding hydrogens is 377 g/mol. The fourth-order valence-electron chi connectivity index (χ4n) is 2.67. The van der Waals surface area contributed by atoms with Crippen LogP contribution in [0.3, 0.4) is 0 Å². The normalized spacial score (nSPS) is 10.5. The lowest BCUT2D eigenvalue weighted by Crippen LogP contribution is -2.22. The van der Waals surface area contributed by atoms with Crippen LogP contribution in [0, 0.1) is 12.7 Å². The molecule has 0 atom stereocenters. The van der Waals surface area contributed by atoms with Gasteiger partial charge in [-0.2, -0.15) is 0 Å². The summed E-state index contributed by atoms with van der Waals surface area (Å²) in [5.74, 6) is -1.02. The van der Waals surface area contributed by atoms with Crippen LogP contribution in [0.4, 0.5) is 10.1 Å². The molecule has 5 nitrogen and oxygen atoms in total. The van der Waals surface area contributed by atoms with Crippen molar-refractivity contribution in [1.29, 1.82) is 0 Å². The van der Waals surface area contributed by atoms with E-state index in [4.69, 9.17) is 0 Å². The molecular formula is C21H20FN3O2S. The van der Waals surface area contributed by atoms with Crippen molar-refractivity contribution in [2.24, 2.45) is 0 Å². The largest absolute Gasteiger partial charge is 0.347 e. The first kappa shape index (κ1) is 19.7. The van der Waals surface area contributed by atoms with Gasteiger partial charge in [0, 0.05) is 17.8 Å². The minimum absolute atomic E-state index is 0.163. The lowest BCUT2D eigenvalue weighted by molar-refractivity contribution is 0.0953. The zero-order valence-corrected chi connectivity index (χ0v) is 16.4.